The third kappa shape index (κ3) is 6.63. The number of hydrogen-bond donors (Lipinski definition) is 2. The molecule has 21 heavy (non-hydrogen) atoms. The van der Waals surface area contributed by atoms with E-state index in [1.54, 1.807) is 18.2 Å². The Morgan fingerprint density at radius 3 is 2.76 bits per heavy atom. The molecule has 0 saturated heterocycles. The van der Waals surface area contributed by atoms with E-state index in [2.05, 4.69) is 6.92 Å². The van der Waals surface area contributed by atoms with Crippen LogP contribution in [0, 0.1) is 0 Å². The second-order valence-electron chi connectivity index (χ2n) is 5.40. The first kappa shape index (κ1) is 17.5. The molecule has 0 heterocycles. The number of ketones is 1. The molecular weight excluding hydrogens is 268 g/mol. The highest BCUT2D eigenvalue weighted by atomic mass is 16.5. The van der Waals surface area contributed by atoms with Crippen LogP contribution in [0.5, 0.6) is 11.5 Å². The molecule has 0 saturated carbocycles. The van der Waals surface area contributed by atoms with Crippen molar-refractivity contribution < 1.29 is 19.7 Å². The number of aliphatic hydroxyl groups is 1. The number of methoxy groups -OCH3 is 1. The fourth-order valence-corrected chi connectivity index (χ4v) is 2.25. The van der Waals surface area contributed by atoms with Gasteiger partial charge in [0, 0.05) is 12.8 Å². The monoisotopic (exact) mass is 294 g/mol. The van der Waals surface area contributed by atoms with E-state index >= 15 is 0 Å². The van der Waals surface area contributed by atoms with Gasteiger partial charge in [0.1, 0.15) is 5.78 Å². The quantitative estimate of drug-likeness (QED) is 0.650. The van der Waals surface area contributed by atoms with Gasteiger partial charge < -0.3 is 14.9 Å². The topological polar surface area (TPSA) is 66.8 Å². The molecule has 4 heteroatoms. The maximum Gasteiger partial charge on any atom is 0.160 e. The summed E-state index contributed by atoms with van der Waals surface area (Å²) >= 11 is 0. The molecule has 0 aliphatic heterocycles. The van der Waals surface area contributed by atoms with Crippen molar-refractivity contribution in [3.05, 3.63) is 23.8 Å². The zero-order valence-electron chi connectivity index (χ0n) is 13.0. The van der Waals surface area contributed by atoms with E-state index in [1.807, 2.05) is 0 Å². The Bertz CT molecular complexity index is 442. The first-order valence-electron chi connectivity index (χ1n) is 7.62. The molecule has 1 atom stereocenters. The van der Waals surface area contributed by atoms with Crippen LogP contribution in [-0.2, 0) is 11.2 Å². The molecule has 0 amide bonds. The molecular formula is C17H26O4. The lowest BCUT2D eigenvalue weighted by Crippen LogP contribution is -2.14. The lowest BCUT2D eigenvalue weighted by atomic mass is 10.0. The molecule has 0 spiro atoms. The number of rotatable bonds is 10. The van der Waals surface area contributed by atoms with E-state index in [0.717, 1.165) is 24.8 Å². The molecule has 0 bridgehead atoms. The van der Waals surface area contributed by atoms with Gasteiger partial charge in [-0.15, -0.1) is 0 Å². The lowest BCUT2D eigenvalue weighted by Gasteiger charge is -2.11. The van der Waals surface area contributed by atoms with Crippen LogP contribution >= 0.6 is 0 Å². The van der Waals surface area contributed by atoms with Gasteiger partial charge in [0.2, 0.25) is 0 Å². The number of Topliss-reactive ketones (excluding diaryl/α,β-unsaturated/α-hetero) is 1. The predicted molar refractivity (Wildman–Crippen MR) is 82.8 cm³/mol. The van der Waals surface area contributed by atoms with E-state index < -0.39 is 6.10 Å². The minimum absolute atomic E-state index is 0.105. The molecule has 1 aromatic carbocycles. The van der Waals surface area contributed by atoms with Crippen molar-refractivity contribution >= 4 is 5.78 Å². The van der Waals surface area contributed by atoms with Gasteiger partial charge in [0.15, 0.2) is 11.5 Å². The third-order valence-electron chi connectivity index (χ3n) is 3.53. The number of hydrogen-bond acceptors (Lipinski definition) is 4. The normalized spacial score (nSPS) is 12.1. The fourth-order valence-electron chi connectivity index (χ4n) is 2.25. The van der Waals surface area contributed by atoms with Gasteiger partial charge in [0.25, 0.3) is 0 Å². The van der Waals surface area contributed by atoms with Gasteiger partial charge >= 0.3 is 0 Å². The fraction of sp³-hybridized carbons (Fsp3) is 0.588. The zero-order chi connectivity index (χ0) is 15.7. The Balaban J connectivity index is 2.35. The van der Waals surface area contributed by atoms with Gasteiger partial charge in [-0.25, -0.2) is 0 Å². The average molecular weight is 294 g/mol. The van der Waals surface area contributed by atoms with Gasteiger partial charge in [-0.2, -0.15) is 0 Å². The molecule has 1 unspecified atom stereocenters. The Labute approximate surface area is 126 Å². The summed E-state index contributed by atoms with van der Waals surface area (Å²) in [5.41, 5.74) is 0.974. The number of aryl methyl sites for hydroxylation is 1. The molecule has 1 aromatic rings. The summed E-state index contributed by atoms with van der Waals surface area (Å²) in [6, 6.07) is 5.13. The van der Waals surface area contributed by atoms with Crippen molar-refractivity contribution in [2.45, 2.75) is 58.0 Å². The van der Waals surface area contributed by atoms with Gasteiger partial charge in [-0.3, -0.25) is 4.79 Å². The number of phenolic OH excluding ortho intramolecular Hbond substituents is 1. The van der Waals surface area contributed by atoms with Gasteiger partial charge in [-0.1, -0.05) is 25.8 Å². The summed E-state index contributed by atoms with van der Waals surface area (Å²) < 4.78 is 5.05. The molecule has 4 nitrogen and oxygen atoms in total. The Kier molecular flexibility index (Phi) is 7.83. The highest BCUT2D eigenvalue weighted by Gasteiger charge is 2.11. The van der Waals surface area contributed by atoms with Crippen molar-refractivity contribution in [2.24, 2.45) is 0 Å². The van der Waals surface area contributed by atoms with Crippen LogP contribution in [0.1, 0.15) is 51.0 Å². The molecule has 1 rings (SSSR count). The predicted octanol–water partition coefficient (Wildman–Crippen LogP) is 3.23. The Morgan fingerprint density at radius 2 is 2.10 bits per heavy atom. The van der Waals surface area contributed by atoms with Crippen LogP contribution in [0.4, 0.5) is 0 Å². The van der Waals surface area contributed by atoms with Crippen LogP contribution in [0.2, 0.25) is 0 Å². The number of aliphatic hydroxyl groups excluding tert-OH is 1. The largest absolute Gasteiger partial charge is 0.504 e. The zero-order valence-corrected chi connectivity index (χ0v) is 13.0. The molecule has 118 valence electrons. The summed E-state index contributed by atoms with van der Waals surface area (Å²) in [5.74, 6) is 0.671. The van der Waals surface area contributed by atoms with E-state index in [-0.39, 0.29) is 18.0 Å². The van der Waals surface area contributed by atoms with Crippen molar-refractivity contribution in [3.63, 3.8) is 0 Å². The number of benzene rings is 1. The van der Waals surface area contributed by atoms with Crippen molar-refractivity contribution in [1.29, 1.82) is 0 Å². The summed E-state index contributed by atoms with van der Waals surface area (Å²) in [4.78, 5) is 11.7. The van der Waals surface area contributed by atoms with Gasteiger partial charge in [0.05, 0.1) is 13.2 Å². The van der Waals surface area contributed by atoms with E-state index in [4.69, 9.17) is 4.74 Å². The van der Waals surface area contributed by atoms with Crippen molar-refractivity contribution in [1.82, 2.24) is 0 Å². The molecule has 0 radical (unpaired) electrons. The maximum atomic E-state index is 11.7. The second-order valence-corrected chi connectivity index (χ2v) is 5.40. The highest BCUT2D eigenvalue weighted by molar-refractivity contribution is 5.78. The molecule has 0 aliphatic rings. The van der Waals surface area contributed by atoms with Crippen LogP contribution < -0.4 is 4.74 Å². The van der Waals surface area contributed by atoms with Crippen LogP contribution in [0.15, 0.2) is 18.2 Å². The third-order valence-corrected chi connectivity index (χ3v) is 3.53. The minimum atomic E-state index is -0.598. The van der Waals surface area contributed by atoms with Crippen LogP contribution in [-0.4, -0.2) is 29.2 Å². The maximum absolute atomic E-state index is 11.7. The van der Waals surface area contributed by atoms with Crippen molar-refractivity contribution in [3.8, 4) is 11.5 Å². The Hall–Kier alpha value is -1.55. The van der Waals surface area contributed by atoms with Crippen molar-refractivity contribution in [2.75, 3.05) is 7.11 Å². The highest BCUT2D eigenvalue weighted by Crippen LogP contribution is 2.27. The van der Waals surface area contributed by atoms with E-state index in [0.29, 0.717) is 25.0 Å². The first-order chi connectivity index (χ1) is 10.1. The van der Waals surface area contributed by atoms with Crippen LogP contribution in [0.3, 0.4) is 0 Å². The minimum Gasteiger partial charge on any atom is -0.504 e. The standard InChI is InChI=1S/C17H26O4/c1-3-4-5-6-14(18)12-15(19)9-7-13-8-10-16(20)17(11-13)21-2/h8,10-11,15,19-20H,3-7,9,12H2,1-2H3. The number of unbranched alkanes of at least 4 members (excludes halogenated alkanes) is 2. The molecule has 0 aliphatic carbocycles. The second kappa shape index (κ2) is 9.40. The van der Waals surface area contributed by atoms with E-state index in [1.165, 1.54) is 7.11 Å². The molecule has 2 N–H and O–H groups in total. The van der Waals surface area contributed by atoms with E-state index in [9.17, 15) is 15.0 Å². The smallest absolute Gasteiger partial charge is 0.160 e. The number of carbonyl (C=O) groups excluding carboxylic acids is 1. The Morgan fingerprint density at radius 1 is 1.33 bits per heavy atom. The summed E-state index contributed by atoms with van der Waals surface area (Å²) in [5, 5.41) is 19.4. The SMILES string of the molecule is CCCCCC(=O)CC(O)CCc1ccc(O)c(OC)c1. The number of carbonyl (C=O) groups is 1. The molecule has 0 aromatic heterocycles. The lowest BCUT2D eigenvalue weighted by molar-refractivity contribution is -0.121. The van der Waals surface area contributed by atoms with Gasteiger partial charge in [-0.05, 0) is 37.0 Å². The first-order valence-corrected chi connectivity index (χ1v) is 7.62. The number of phenols is 1. The molecule has 0 fully saturated rings. The summed E-state index contributed by atoms with van der Waals surface area (Å²) in [6.45, 7) is 2.10. The number of ether oxygens (including phenoxy) is 1. The van der Waals surface area contributed by atoms with Crippen LogP contribution in [0.25, 0.3) is 0 Å². The summed E-state index contributed by atoms with van der Waals surface area (Å²) in [7, 11) is 1.50. The summed E-state index contributed by atoms with van der Waals surface area (Å²) in [6.07, 6.45) is 4.47. The number of aromatic hydroxyl groups is 1. The average Bonchev–Trinajstić information content (AvgIpc) is 2.46.